The van der Waals surface area contributed by atoms with Crippen LogP contribution >= 0.6 is 0 Å². The number of hydrogen-bond acceptors (Lipinski definition) is 6. The maximum Gasteiger partial charge on any atom is 0.337 e. The first-order valence-electron chi connectivity index (χ1n) is 10.5. The van der Waals surface area contributed by atoms with Crippen LogP contribution in [0.5, 0.6) is 0 Å². The second kappa shape index (κ2) is 10.9. The normalized spacial score (nSPS) is 16.1. The Kier molecular flexibility index (Phi) is 7.76. The molecule has 3 rings (SSSR count). The number of esters is 1. The van der Waals surface area contributed by atoms with E-state index in [1.165, 1.54) is 18.2 Å². The SMILES string of the molecule is CC1=C(C(=O)O)C(c2cccc([N+](=O)[O-])c2)C(C(=O)OCC=CC=Cc2ccccc2)=C(C)N1. The highest BCUT2D eigenvalue weighted by atomic mass is 16.6. The van der Waals surface area contributed by atoms with Crippen molar-refractivity contribution in [3.05, 3.63) is 117 Å². The van der Waals surface area contributed by atoms with Gasteiger partial charge in [-0.15, -0.1) is 0 Å². The molecule has 0 spiro atoms. The van der Waals surface area contributed by atoms with Gasteiger partial charge in [0.25, 0.3) is 5.69 Å². The fraction of sp³-hybridized carbons (Fsp3) is 0.154. The number of rotatable bonds is 8. The lowest BCUT2D eigenvalue weighted by atomic mass is 9.80. The van der Waals surface area contributed by atoms with Crippen molar-refractivity contribution >= 4 is 23.7 Å². The number of nitro benzene ring substituents is 1. The van der Waals surface area contributed by atoms with E-state index in [2.05, 4.69) is 5.32 Å². The summed E-state index contributed by atoms with van der Waals surface area (Å²) >= 11 is 0. The summed E-state index contributed by atoms with van der Waals surface area (Å²) in [5.74, 6) is -2.96. The molecule has 8 nitrogen and oxygen atoms in total. The maximum absolute atomic E-state index is 13.0. The number of dihydropyridines is 1. The Labute approximate surface area is 196 Å². The number of ether oxygens (including phenoxy) is 1. The smallest absolute Gasteiger partial charge is 0.337 e. The van der Waals surface area contributed by atoms with E-state index in [0.29, 0.717) is 17.0 Å². The first kappa shape index (κ1) is 24.2. The van der Waals surface area contributed by atoms with E-state index in [1.54, 1.807) is 32.1 Å². The molecule has 34 heavy (non-hydrogen) atoms. The molecule has 1 unspecified atom stereocenters. The summed E-state index contributed by atoms with van der Waals surface area (Å²) in [4.78, 5) is 35.8. The Hall–Kier alpha value is -4.46. The average molecular weight is 460 g/mol. The summed E-state index contributed by atoms with van der Waals surface area (Å²) in [6.07, 6.45) is 7.12. The van der Waals surface area contributed by atoms with Crippen molar-refractivity contribution in [3.8, 4) is 0 Å². The third-order valence-corrected chi connectivity index (χ3v) is 5.27. The van der Waals surface area contributed by atoms with Crippen molar-refractivity contribution in [1.29, 1.82) is 0 Å². The molecule has 0 amide bonds. The molecule has 2 N–H and O–H groups in total. The number of carboxylic acid groups (broad SMARTS) is 1. The molecular weight excluding hydrogens is 436 g/mol. The molecule has 2 aromatic carbocycles. The van der Waals surface area contributed by atoms with Gasteiger partial charge in [0, 0.05) is 23.5 Å². The van der Waals surface area contributed by atoms with Crippen molar-refractivity contribution in [1.82, 2.24) is 5.32 Å². The van der Waals surface area contributed by atoms with Gasteiger partial charge in [-0.05, 0) is 31.1 Å². The lowest BCUT2D eigenvalue weighted by Crippen LogP contribution is -2.31. The molecule has 174 valence electrons. The van der Waals surface area contributed by atoms with E-state index in [9.17, 15) is 24.8 Å². The predicted octanol–water partition coefficient (Wildman–Crippen LogP) is 4.73. The first-order chi connectivity index (χ1) is 16.3. The molecule has 1 heterocycles. The van der Waals surface area contributed by atoms with Crippen LogP contribution in [-0.4, -0.2) is 28.6 Å². The summed E-state index contributed by atoms with van der Waals surface area (Å²) in [6, 6.07) is 15.3. The van der Waals surface area contributed by atoms with E-state index < -0.39 is 22.8 Å². The Bertz CT molecular complexity index is 1220. The second-order valence-corrected chi connectivity index (χ2v) is 7.59. The number of nitro groups is 1. The zero-order valence-corrected chi connectivity index (χ0v) is 18.7. The van der Waals surface area contributed by atoms with Gasteiger partial charge in [-0.3, -0.25) is 10.1 Å². The third-order valence-electron chi connectivity index (χ3n) is 5.27. The van der Waals surface area contributed by atoms with Crippen molar-refractivity contribution in [2.24, 2.45) is 0 Å². The summed E-state index contributed by atoms with van der Waals surface area (Å²) < 4.78 is 5.39. The number of carboxylic acids is 1. The highest BCUT2D eigenvalue weighted by molar-refractivity contribution is 5.99. The van der Waals surface area contributed by atoms with Gasteiger partial charge in [-0.25, -0.2) is 9.59 Å². The minimum absolute atomic E-state index is 0.0263. The van der Waals surface area contributed by atoms with Gasteiger partial charge in [0.15, 0.2) is 0 Å². The van der Waals surface area contributed by atoms with Crippen molar-refractivity contribution < 1.29 is 24.4 Å². The molecule has 0 fully saturated rings. The van der Waals surface area contributed by atoms with Crippen LogP contribution in [0.2, 0.25) is 0 Å². The number of nitrogens with one attached hydrogen (secondary N) is 1. The highest BCUT2D eigenvalue weighted by Gasteiger charge is 2.37. The lowest BCUT2D eigenvalue weighted by molar-refractivity contribution is -0.384. The summed E-state index contributed by atoms with van der Waals surface area (Å²) in [7, 11) is 0. The third kappa shape index (κ3) is 5.66. The molecular formula is C26H24N2O6. The number of benzene rings is 2. The Morgan fingerprint density at radius 1 is 1.06 bits per heavy atom. The van der Waals surface area contributed by atoms with Crippen LogP contribution in [0.15, 0.2) is 95.4 Å². The number of hydrogen-bond donors (Lipinski definition) is 2. The zero-order chi connectivity index (χ0) is 24.7. The second-order valence-electron chi connectivity index (χ2n) is 7.59. The van der Waals surface area contributed by atoms with Crippen LogP contribution in [-0.2, 0) is 14.3 Å². The van der Waals surface area contributed by atoms with Gasteiger partial charge in [-0.1, -0.05) is 60.7 Å². The quantitative estimate of drug-likeness (QED) is 0.253. The molecule has 8 heteroatoms. The molecule has 0 radical (unpaired) electrons. The van der Waals surface area contributed by atoms with Crippen LogP contribution in [0.3, 0.4) is 0 Å². The van der Waals surface area contributed by atoms with E-state index in [-0.39, 0.29) is 23.4 Å². The average Bonchev–Trinajstić information content (AvgIpc) is 2.81. The monoisotopic (exact) mass is 460 g/mol. The van der Waals surface area contributed by atoms with Crippen molar-refractivity contribution in [2.45, 2.75) is 19.8 Å². The molecule has 0 bridgehead atoms. The van der Waals surface area contributed by atoms with Crippen LogP contribution in [0.4, 0.5) is 5.69 Å². The van der Waals surface area contributed by atoms with Gasteiger partial charge in [0.05, 0.1) is 22.0 Å². The standard InChI is InChI=1S/C26H24N2O6/c1-17-22(25(29)30)24(20-13-9-14-21(16-20)28(32)33)23(18(2)27-17)26(31)34-15-8-4-7-12-19-10-5-3-6-11-19/h3-14,16,24,27H,15H2,1-2H3,(H,29,30). The number of nitrogens with zero attached hydrogens (tertiary/aromatic N) is 1. The Morgan fingerprint density at radius 3 is 2.44 bits per heavy atom. The van der Waals surface area contributed by atoms with Gasteiger partial charge in [0.2, 0.25) is 0 Å². The number of non-ortho nitro benzene ring substituents is 1. The predicted molar refractivity (Wildman–Crippen MR) is 128 cm³/mol. The van der Waals surface area contributed by atoms with Gasteiger partial charge >= 0.3 is 11.9 Å². The summed E-state index contributed by atoms with van der Waals surface area (Å²) in [5.41, 5.74) is 1.95. The molecule has 0 aliphatic carbocycles. The molecule has 2 aromatic rings. The topological polar surface area (TPSA) is 119 Å². The minimum atomic E-state index is -1.23. The molecule has 0 aromatic heterocycles. The van der Waals surface area contributed by atoms with E-state index in [0.717, 1.165) is 5.56 Å². The molecule has 0 saturated carbocycles. The van der Waals surface area contributed by atoms with Gasteiger partial charge in [0.1, 0.15) is 6.61 Å². The van der Waals surface area contributed by atoms with Crippen molar-refractivity contribution in [2.75, 3.05) is 6.61 Å². The first-order valence-corrected chi connectivity index (χ1v) is 10.5. The molecule has 1 atom stereocenters. The lowest BCUT2D eigenvalue weighted by Gasteiger charge is -2.29. The maximum atomic E-state index is 13.0. The highest BCUT2D eigenvalue weighted by Crippen LogP contribution is 2.39. The van der Waals surface area contributed by atoms with E-state index in [1.807, 2.05) is 42.5 Å². The number of carbonyl (C=O) groups is 2. The number of aliphatic carboxylic acids is 1. The molecule has 1 aliphatic rings. The van der Waals surface area contributed by atoms with Crippen LogP contribution in [0.1, 0.15) is 30.9 Å². The van der Waals surface area contributed by atoms with Gasteiger partial charge in [-0.2, -0.15) is 0 Å². The zero-order valence-electron chi connectivity index (χ0n) is 18.7. The van der Waals surface area contributed by atoms with Crippen LogP contribution in [0, 0.1) is 10.1 Å². The summed E-state index contributed by atoms with van der Waals surface area (Å²) in [5, 5.41) is 24.0. The minimum Gasteiger partial charge on any atom is -0.478 e. The van der Waals surface area contributed by atoms with Crippen LogP contribution in [0.25, 0.3) is 6.08 Å². The van der Waals surface area contributed by atoms with Gasteiger partial charge < -0.3 is 15.2 Å². The van der Waals surface area contributed by atoms with E-state index >= 15 is 0 Å². The Morgan fingerprint density at radius 2 is 1.76 bits per heavy atom. The molecule has 1 aliphatic heterocycles. The fourth-order valence-corrected chi connectivity index (χ4v) is 3.77. The number of allylic oxidation sites excluding steroid dienone is 4. The number of carbonyl (C=O) groups excluding carboxylic acids is 1. The van der Waals surface area contributed by atoms with Crippen molar-refractivity contribution in [3.63, 3.8) is 0 Å². The Balaban J connectivity index is 1.83. The van der Waals surface area contributed by atoms with E-state index in [4.69, 9.17) is 4.74 Å². The molecule has 0 saturated heterocycles. The summed E-state index contributed by atoms with van der Waals surface area (Å²) in [6.45, 7) is 3.20. The van der Waals surface area contributed by atoms with Crippen LogP contribution < -0.4 is 5.32 Å². The fourth-order valence-electron chi connectivity index (χ4n) is 3.77. The largest absolute Gasteiger partial charge is 0.478 e.